The molecule has 1 aliphatic rings. The molecule has 0 spiro atoms. The van der Waals surface area contributed by atoms with Gasteiger partial charge in [0.2, 0.25) is 0 Å². The summed E-state index contributed by atoms with van der Waals surface area (Å²) >= 11 is 6.09. The highest BCUT2D eigenvalue weighted by Gasteiger charge is 2.24. The van der Waals surface area contributed by atoms with Crippen LogP contribution >= 0.6 is 11.6 Å². The molecular weight excluding hydrogens is 280 g/mol. The molecule has 0 radical (unpaired) electrons. The van der Waals surface area contributed by atoms with E-state index in [2.05, 4.69) is 0 Å². The number of nitriles is 1. The summed E-state index contributed by atoms with van der Waals surface area (Å²) in [5.74, 6) is 0.655. The third-order valence-electron chi connectivity index (χ3n) is 3.46. The van der Waals surface area contributed by atoms with Gasteiger partial charge in [0, 0.05) is 31.5 Å². The van der Waals surface area contributed by atoms with E-state index >= 15 is 0 Å². The van der Waals surface area contributed by atoms with Crippen LogP contribution in [0.5, 0.6) is 5.75 Å². The monoisotopic (exact) mass is 294 g/mol. The zero-order chi connectivity index (χ0) is 14.7. The zero-order valence-corrected chi connectivity index (χ0v) is 11.9. The van der Waals surface area contributed by atoms with Gasteiger partial charge in [-0.2, -0.15) is 5.26 Å². The average molecular weight is 295 g/mol. The lowest BCUT2D eigenvalue weighted by Crippen LogP contribution is -2.41. The van der Waals surface area contributed by atoms with Crippen molar-refractivity contribution in [2.75, 3.05) is 13.1 Å². The maximum Gasteiger partial charge on any atom is 0.407 e. The van der Waals surface area contributed by atoms with Crippen LogP contribution in [0.1, 0.15) is 24.0 Å². The van der Waals surface area contributed by atoms with Crippen LogP contribution in [0.25, 0.3) is 0 Å². The van der Waals surface area contributed by atoms with E-state index in [0.29, 0.717) is 42.3 Å². The van der Waals surface area contributed by atoms with Gasteiger partial charge in [-0.05, 0) is 19.1 Å². The highest BCUT2D eigenvalue weighted by molar-refractivity contribution is 6.32. The Hall–Kier alpha value is -1.93. The fraction of sp³-hybridized carbons (Fsp3) is 0.429. The lowest BCUT2D eigenvalue weighted by molar-refractivity contribution is 0.0891. The largest absolute Gasteiger partial charge is 0.490 e. The van der Waals surface area contributed by atoms with Crippen molar-refractivity contribution in [2.24, 2.45) is 0 Å². The normalized spacial score (nSPS) is 15.8. The SMILES string of the molecule is Cc1c(OC2CCN(C(=O)O)CC2)ccc(C#N)c1Cl. The number of hydrogen-bond donors (Lipinski definition) is 1. The molecule has 6 heteroatoms. The minimum Gasteiger partial charge on any atom is -0.490 e. The first kappa shape index (κ1) is 14.5. The van der Waals surface area contributed by atoms with Gasteiger partial charge >= 0.3 is 6.09 Å². The maximum absolute atomic E-state index is 10.8. The first-order valence-corrected chi connectivity index (χ1v) is 6.74. The first-order chi connectivity index (χ1) is 9.52. The molecule has 0 aliphatic carbocycles. The summed E-state index contributed by atoms with van der Waals surface area (Å²) < 4.78 is 5.88. The van der Waals surface area contributed by atoms with Crippen LogP contribution < -0.4 is 4.74 Å². The number of nitrogens with zero attached hydrogens (tertiary/aromatic N) is 2. The fourth-order valence-electron chi connectivity index (χ4n) is 2.23. The third kappa shape index (κ3) is 2.97. The molecule has 0 bridgehead atoms. The lowest BCUT2D eigenvalue weighted by atomic mass is 10.1. The predicted octanol–water partition coefficient (Wildman–Crippen LogP) is 3.04. The van der Waals surface area contributed by atoms with Gasteiger partial charge in [-0.1, -0.05) is 11.6 Å². The Balaban J connectivity index is 2.04. The highest BCUT2D eigenvalue weighted by atomic mass is 35.5. The van der Waals surface area contributed by atoms with Gasteiger partial charge in [-0.3, -0.25) is 0 Å². The van der Waals surface area contributed by atoms with Crippen LogP contribution in [0.2, 0.25) is 5.02 Å². The Morgan fingerprint density at radius 3 is 2.70 bits per heavy atom. The van der Waals surface area contributed by atoms with Crippen LogP contribution in [-0.2, 0) is 0 Å². The molecule has 0 unspecified atom stereocenters. The molecule has 20 heavy (non-hydrogen) atoms. The molecule has 1 aliphatic heterocycles. The summed E-state index contributed by atoms with van der Waals surface area (Å²) in [5.41, 5.74) is 1.17. The van der Waals surface area contributed by atoms with Gasteiger partial charge in [0.25, 0.3) is 0 Å². The summed E-state index contributed by atoms with van der Waals surface area (Å²) in [7, 11) is 0. The van der Waals surface area contributed by atoms with Gasteiger partial charge in [0.15, 0.2) is 0 Å². The van der Waals surface area contributed by atoms with Crippen LogP contribution in [0.4, 0.5) is 4.79 Å². The molecule has 1 saturated heterocycles. The van der Waals surface area contributed by atoms with Gasteiger partial charge in [-0.15, -0.1) is 0 Å². The lowest BCUT2D eigenvalue weighted by Gasteiger charge is -2.30. The second-order valence-corrected chi connectivity index (χ2v) is 5.13. The maximum atomic E-state index is 10.8. The van der Waals surface area contributed by atoms with Crippen LogP contribution in [-0.4, -0.2) is 35.3 Å². The number of halogens is 1. The molecule has 1 heterocycles. The molecule has 0 saturated carbocycles. The van der Waals surface area contributed by atoms with Crippen molar-refractivity contribution >= 4 is 17.7 Å². The fourth-order valence-corrected chi connectivity index (χ4v) is 2.42. The van der Waals surface area contributed by atoms with Crippen molar-refractivity contribution in [1.82, 2.24) is 4.90 Å². The average Bonchev–Trinajstić information content (AvgIpc) is 2.45. The molecule has 1 fully saturated rings. The minimum absolute atomic E-state index is 0.0201. The van der Waals surface area contributed by atoms with Gasteiger partial charge in [0.1, 0.15) is 17.9 Å². The topological polar surface area (TPSA) is 73.6 Å². The quantitative estimate of drug-likeness (QED) is 0.910. The standard InChI is InChI=1S/C14H15ClN2O3/c1-9-12(3-2-10(8-16)13(9)15)20-11-4-6-17(7-5-11)14(18)19/h2-3,11H,4-7H2,1H3,(H,18,19). The summed E-state index contributed by atoms with van der Waals surface area (Å²) in [6.07, 6.45) is 0.404. The van der Waals surface area contributed by atoms with E-state index in [4.69, 9.17) is 26.7 Å². The summed E-state index contributed by atoms with van der Waals surface area (Å²) in [5, 5.41) is 18.2. The highest BCUT2D eigenvalue weighted by Crippen LogP contribution is 2.30. The Kier molecular flexibility index (Phi) is 4.35. The molecule has 1 aromatic carbocycles. The number of carboxylic acid groups (broad SMARTS) is 1. The Labute approximate surface area is 122 Å². The van der Waals surface area contributed by atoms with E-state index in [1.54, 1.807) is 12.1 Å². The van der Waals surface area contributed by atoms with Crippen molar-refractivity contribution in [1.29, 1.82) is 5.26 Å². The number of carbonyl (C=O) groups is 1. The molecular formula is C14H15ClN2O3. The molecule has 106 valence electrons. The van der Waals surface area contributed by atoms with Gasteiger partial charge in [0.05, 0.1) is 10.6 Å². The first-order valence-electron chi connectivity index (χ1n) is 6.36. The summed E-state index contributed by atoms with van der Waals surface area (Å²) in [6.45, 7) is 2.76. The second-order valence-electron chi connectivity index (χ2n) is 4.75. The second kappa shape index (κ2) is 6.02. The Bertz CT molecular complexity index is 560. The van der Waals surface area contributed by atoms with Gasteiger partial charge in [-0.25, -0.2) is 4.79 Å². The van der Waals surface area contributed by atoms with Crippen molar-refractivity contribution in [2.45, 2.75) is 25.9 Å². The van der Waals surface area contributed by atoms with E-state index in [9.17, 15) is 4.79 Å². The minimum atomic E-state index is -0.888. The molecule has 1 aromatic rings. The van der Waals surface area contributed by atoms with Crippen molar-refractivity contribution in [3.05, 3.63) is 28.3 Å². The number of likely N-dealkylation sites (tertiary alicyclic amines) is 1. The Morgan fingerprint density at radius 1 is 1.50 bits per heavy atom. The van der Waals surface area contributed by atoms with E-state index in [1.165, 1.54) is 4.90 Å². The van der Waals surface area contributed by atoms with Crippen molar-refractivity contribution in [3.8, 4) is 11.8 Å². The van der Waals surface area contributed by atoms with E-state index < -0.39 is 6.09 Å². The molecule has 2 rings (SSSR count). The van der Waals surface area contributed by atoms with Gasteiger partial charge < -0.3 is 14.7 Å². The number of hydrogen-bond acceptors (Lipinski definition) is 3. The van der Waals surface area contributed by atoms with E-state index in [0.717, 1.165) is 5.56 Å². The third-order valence-corrected chi connectivity index (χ3v) is 3.95. The molecule has 1 amide bonds. The molecule has 5 nitrogen and oxygen atoms in total. The number of rotatable bonds is 2. The van der Waals surface area contributed by atoms with E-state index in [-0.39, 0.29) is 6.10 Å². The zero-order valence-electron chi connectivity index (χ0n) is 11.1. The van der Waals surface area contributed by atoms with Crippen molar-refractivity contribution < 1.29 is 14.6 Å². The van der Waals surface area contributed by atoms with Crippen LogP contribution in [0.3, 0.4) is 0 Å². The number of benzene rings is 1. The van der Waals surface area contributed by atoms with E-state index in [1.807, 2.05) is 13.0 Å². The molecule has 1 N–H and O–H groups in total. The Morgan fingerprint density at radius 2 is 2.15 bits per heavy atom. The number of amides is 1. The smallest absolute Gasteiger partial charge is 0.407 e. The number of ether oxygens (including phenoxy) is 1. The molecule has 0 aromatic heterocycles. The number of piperidine rings is 1. The summed E-state index contributed by atoms with van der Waals surface area (Å²) in [4.78, 5) is 12.2. The van der Waals surface area contributed by atoms with Crippen LogP contribution in [0.15, 0.2) is 12.1 Å². The van der Waals surface area contributed by atoms with Crippen molar-refractivity contribution in [3.63, 3.8) is 0 Å². The predicted molar refractivity (Wildman–Crippen MR) is 74.2 cm³/mol. The van der Waals surface area contributed by atoms with Crippen LogP contribution in [0, 0.1) is 18.3 Å². The molecule has 0 atom stereocenters. The summed E-state index contributed by atoms with van der Waals surface area (Å²) in [6, 6.07) is 5.40.